The lowest BCUT2D eigenvalue weighted by atomic mass is 9.98. The van der Waals surface area contributed by atoms with Crippen LogP contribution in [-0.2, 0) is 6.54 Å². The average molecular weight is 428 g/mol. The Balaban J connectivity index is 1.55. The molecule has 0 atom stereocenters. The lowest BCUT2D eigenvalue weighted by Crippen LogP contribution is -2.54. The van der Waals surface area contributed by atoms with Crippen molar-refractivity contribution in [3.05, 3.63) is 35.4 Å². The molecule has 0 aromatic heterocycles. The van der Waals surface area contributed by atoms with E-state index >= 15 is 0 Å². The van der Waals surface area contributed by atoms with Crippen molar-refractivity contribution >= 4 is 11.9 Å². The zero-order valence-electron chi connectivity index (χ0n) is 19.8. The van der Waals surface area contributed by atoms with E-state index in [1.165, 1.54) is 38.8 Å². The Morgan fingerprint density at radius 2 is 1.55 bits per heavy atom. The normalized spacial score (nSPS) is 18.7. The van der Waals surface area contributed by atoms with E-state index in [0.29, 0.717) is 6.54 Å². The number of amides is 1. The van der Waals surface area contributed by atoms with Gasteiger partial charge in [0.1, 0.15) is 0 Å². The van der Waals surface area contributed by atoms with Gasteiger partial charge in [0.05, 0.1) is 6.54 Å². The van der Waals surface area contributed by atoms with Crippen LogP contribution in [0.3, 0.4) is 0 Å². The second-order valence-corrected chi connectivity index (χ2v) is 9.46. The summed E-state index contributed by atoms with van der Waals surface area (Å²) in [6.45, 7) is 13.1. The third kappa shape index (κ3) is 6.96. The van der Waals surface area contributed by atoms with Crippen LogP contribution in [0.4, 0.5) is 0 Å². The van der Waals surface area contributed by atoms with Gasteiger partial charge in [-0.2, -0.15) is 0 Å². The highest BCUT2D eigenvalue weighted by Gasteiger charge is 2.27. The largest absolute Gasteiger partial charge is 0.357 e. The smallest absolute Gasteiger partial charge is 0.253 e. The molecule has 3 rings (SSSR count). The molecule has 1 aromatic rings. The molecular weight excluding hydrogens is 386 g/mol. The SMILES string of the molecule is CCNC(=NCc1ccc(C(=O)N2CCCCC2)cc1)NCC(C)(C)N1CCCCC1. The molecule has 0 saturated carbocycles. The second-order valence-electron chi connectivity index (χ2n) is 9.46. The lowest BCUT2D eigenvalue weighted by molar-refractivity contribution is 0.0724. The Labute approximate surface area is 188 Å². The summed E-state index contributed by atoms with van der Waals surface area (Å²) in [4.78, 5) is 22.0. The van der Waals surface area contributed by atoms with Gasteiger partial charge in [-0.25, -0.2) is 4.99 Å². The summed E-state index contributed by atoms with van der Waals surface area (Å²) in [7, 11) is 0. The number of guanidine groups is 1. The maximum absolute atomic E-state index is 12.6. The predicted octanol–water partition coefficient (Wildman–Crippen LogP) is 3.63. The van der Waals surface area contributed by atoms with Crippen molar-refractivity contribution < 1.29 is 4.79 Å². The van der Waals surface area contributed by atoms with Gasteiger partial charge in [-0.05, 0) is 83.7 Å². The summed E-state index contributed by atoms with van der Waals surface area (Å²) in [5.41, 5.74) is 2.00. The van der Waals surface area contributed by atoms with E-state index in [1.807, 2.05) is 29.2 Å². The van der Waals surface area contributed by atoms with Gasteiger partial charge in [-0.1, -0.05) is 18.6 Å². The quantitative estimate of drug-likeness (QED) is 0.515. The first-order chi connectivity index (χ1) is 15.0. The number of benzene rings is 1. The number of piperidine rings is 2. The minimum Gasteiger partial charge on any atom is -0.357 e. The molecule has 2 saturated heterocycles. The zero-order valence-corrected chi connectivity index (χ0v) is 19.8. The van der Waals surface area contributed by atoms with Crippen molar-refractivity contribution in [2.24, 2.45) is 4.99 Å². The van der Waals surface area contributed by atoms with Gasteiger partial charge >= 0.3 is 0 Å². The molecule has 2 N–H and O–H groups in total. The molecule has 2 heterocycles. The van der Waals surface area contributed by atoms with Gasteiger partial charge in [-0.15, -0.1) is 0 Å². The molecule has 31 heavy (non-hydrogen) atoms. The van der Waals surface area contributed by atoms with E-state index in [-0.39, 0.29) is 11.4 Å². The summed E-state index contributed by atoms with van der Waals surface area (Å²) in [6.07, 6.45) is 7.42. The Hall–Kier alpha value is -2.08. The summed E-state index contributed by atoms with van der Waals surface area (Å²) >= 11 is 0. The van der Waals surface area contributed by atoms with Crippen LogP contribution in [0, 0.1) is 0 Å². The van der Waals surface area contributed by atoms with Crippen LogP contribution < -0.4 is 10.6 Å². The van der Waals surface area contributed by atoms with Crippen molar-refractivity contribution in [3.8, 4) is 0 Å². The Bertz CT molecular complexity index is 716. The van der Waals surface area contributed by atoms with Gasteiger partial charge in [0, 0.05) is 37.3 Å². The van der Waals surface area contributed by atoms with Gasteiger partial charge in [-0.3, -0.25) is 9.69 Å². The predicted molar refractivity (Wildman–Crippen MR) is 129 cm³/mol. The van der Waals surface area contributed by atoms with Gasteiger partial charge in [0.25, 0.3) is 5.91 Å². The van der Waals surface area contributed by atoms with E-state index < -0.39 is 0 Å². The number of carbonyl (C=O) groups is 1. The van der Waals surface area contributed by atoms with Crippen LogP contribution in [0.25, 0.3) is 0 Å². The molecule has 0 unspecified atom stereocenters. The van der Waals surface area contributed by atoms with E-state index in [9.17, 15) is 4.79 Å². The molecule has 0 bridgehead atoms. The van der Waals surface area contributed by atoms with Crippen LogP contribution in [-0.4, -0.2) is 66.5 Å². The number of hydrogen-bond acceptors (Lipinski definition) is 3. The van der Waals surface area contributed by atoms with Crippen molar-refractivity contribution in [2.45, 2.75) is 71.4 Å². The van der Waals surface area contributed by atoms with Crippen LogP contribution in [0.15, 0.2) is 29.3 Å². The van der Waals surface area contributed by atoms with Crippen LogP contribution in [0.2, 0.25) is 0 Å². The van der Waals surface area contributed by atoms with E-state index in [0.717, 1.165) is 56.1 Å². The number of likely N-dealkylation sites (tertiary alicyclic amines) is 2. The molecule has 1 aromatic carbocycles. The molecule has 6 nitrogen and oxygen atoms in total. The number of nitrogens with one attached hydrogen (secondary N) is 2. The molecule has 0 spiro atoms. The van der Waals surface area contributed by atoms with Crippen molar-refractivity contribution in [1.29, 1.82) is 0 Å². The fourth-order valence-corrected chi connectivity index (χ4v) is 4.46. The highest BCUT2D eigenvalue weighted by molar-refractivity contribution is 5.94. The zero-order chi connectivity index (χ0) is 22.1. The first-order valence-electron chi connectivity index (χ1n) is 12.1. The fraction of sp³-hybridized carbons (Fsp3) is 0.680. The van der Waals surface area contributed by atoms with Gasteiger partial charge in [0.2, 0.25) is 0 Å². The first-order valence-corrected chi connectivity index (χ1v) is 12.1. The fourth-order valence-electron chi connectivity index (χ4n) is 4.46. The molecule has 2 aliphatic rings. The van der Waals surface area contributed by atoms with Crippen LogP contribution in [0.5, 0.6) is 0 Å². The third-order valence-electron chi connectivity index (χ3n) is 6.51. The standard InChI is InChI=1S/C25H41N5O/c1-4-26-24(28-20-25(2,3)30-17-9-6-10-18-30)27-19-21-11-13-22(14-12-21)23(31)29-15-7-5-8-16-29/h11-14H,4-10,15-20H2,1-3H3,(H2,26,27,28). The lowest BCUT2D eigenvalue weighted by Gasteiger charge is -2.41. The van der Waals surface area contributed by atoms with E-state index in [4.69, 9.17) is 4.99 Å². The Morgan fingerprint density at radius 3 is 2.16 bits per heavy atom. The highest BCUT2D eigenvalue weighted by atomic mass is 16.2. The maximum Gasteiger partial charge on any atom is 0.253 e. The molecule has 1 amide bonds. The van der Waals surface area contributed by atoms with Gasteiger partial charge < -0.3 is 15.5 Å². The number of carbonyl (C=O) groups excluding carboxylic acids is 1. The number of aliphatic imine (C=N–C) groups is 1. The Kier molecular flexibility index (Phi) is 8.76. The molecule has 172 valence electrons. The summed E-state index contributed by atoms with van der Waals surface area (Å²) in [6, 6.07) is 7.95. The average Bonchev–Trinajstić information content (AvgIpc) is 2.82. The molecule has 2 fully saturated rings. The Morgan fingerprint density at radius 1 is 0.935 bits per heavy atom. The topological polar surface area (TPSA) is 60.0 Å². The van der Waals surface area contributed by atoms with E-state index in [2.05, 4.69) is 36.3 Å². The third-order valence-corrected chi connectivity index (χ3v) is 6.51. The minimum absolute atomic E-state index is 0.104. The number of nitrogens with zero attached hydrogens (tertiary/aromatic N) is 3. The molecule has 2 aliphatic heterocycles. The van der Waals surface area contributed by atoms with Crippen LogP contribution in [0.1, 0.15) is 75.2 Å². The highest BCUT2D eigenvalue weighted by Crippen LogP contribution is 2.20. The van der Waals surface area contributed by atoms with Crippen molar-refractivity contribution in [1.82, 2.24) is 20.4 Å². The first kappa shape index (κ1) is 23.6. The molecule has 0 radical (unpaired) electrons. The second kappa shape index (κ2) is 11.5. The molecular formula is C25H41N5O. The number of hydrogen-bond donors (Lipinski definition) is 2. The van der Waals surface area contributed by atoms with E-state index in [1.54, 1.807) is 0 Å². The van der Waals surface area contributed by atoms with Crippen molar-refractivity contribution in [3.63, 3.8) is 0 Å². The summed E-state index contributed by atoms with van der Waals surface area (Å²) < 4.78 is 0. The minimum atomic E-state index is 0.104. The summed E-state index contributed by atoms with van der Waals surface area (Å²) in [5.74, 6) is 1.01. The van der Waals surface area contributed by atoms with Crippen molar-refractivity contribution in [2.75, 3.05) is 39.3 Å². The number of rotatable bonds is 7. The summed E-state index contributed by atoms with van der Waals surface area (Å²) in [5, 5.41) is 6.90. The monoisotopic (exact) mass is 427 g/mol. The molecule has 0 aliphatic carbocycles. The van der Waals surface area contributed by atoms with Crippen LogP contribution >= 0.6 is 0 Å². The molecule has 6 heteroatoms. The maximum atomic E-state index is 12.6. The van der Waals surface area contributed by atoms with Gasteiger partial charge in [0.15, 0.2) is 5.96 Å².